The molecule has 4 fully saturated rings. The maximum Gasteiger partial charge on any atom is 0.315 e. The lowest BCUT2D eigenvalue weighted by atomic mass is 9.53. The quantitative estimate of drug-likeness (QED) is 0.787. The number of urea groups is 1. The zero-order valence-electron chi connectivity index (χ0n) is 14.8. The molecule has 5 nitrogen and oxygen atoms in total. The summed E-state index contributed by atoms with van der Waals surface area (Å²) in [5.74, 6) is 2.16. The molecule has 1 aromatic carbocycles. The first-order valence-electron chi connectivity index (χ1n) is 9.42. The first kappa shape index (κ1) is 16.4. The van der Waals surface area contributed by atoms with Gasteiger partial charge >= 0.3 is 6.03 Å². The van der Waals surface area contributed by atoms with Crippen LogP contribution >= 0.6 is 0 Å². The smallest absolute Gasteiger partial charge is 0.315 e. The molecule has 3 N–H and O–H groups in total. The van der Waals surface area contributed by atoms with E-state index in [2.05, 4.69) is 16.0 Å². The second kappa shape index (κ2) is 6.36. The molecule has 4 aliphatic carbocycles. The number of hydrogen-bond acceptors (Lipinski definition) is 2. The van der Waals surface area contributed by atoms with Crippen molar-refractivity contribution in [3.8, 4) is 0 Å². The van der Waals surface area contributed by atoms with Crippen LogP contribution in [0.15, 0.2) is 24.3 Å². The summed E-state index contributed by atoms with van der Waals surface area (Å²) in [6.45, 7) is 1.97. The van der Waals surface area contributed by atoms with Gasteiger partial charge in [-0.3, -0.25) is 4.79 Å². The van der Waals surface area contributed by atoms with Crippen molar-refractivity contribution in [2.24, 2.45) is 17.8 Å². The molecular weight excluding hydrogens is 314 g/mol. The molecule has 0 radical (unpaired) electrons. The average molecular weight is 341 g/mol. The minimum atomic E-state index is -0.207. The number of hydrogen-bond donors (Lipinski definition) is 3. The molecule has 0 spiro atoms. The molecule has 25 heavy (non-hydrogen) atoms. The second-order valence-corrected chi connectivity index (χ2v) is 8.42. The number of benzene rings is 1. The van der Waals surface area contributed by atoms with Crippen molar-refractivity contribution in [3.63, 3.8) is 0 Å². The molecule has 4 bridgehead atoms. The maximum atomic E-state index is 12.3. The summed E-state index contributed by atoms with van der Waals surface area (Å²) in [4.78, 5) is 24.4. The summed E-state index contributed by atoms with van der Waals surface area (Å²) in [6.07, 6.45) is 7.38. The molecule has 1 aromatic rings. The van der Waals surface area contributed by atoms with Gasteiger partial charge in [-0.15, -0.1) is 0 Å². The van der Waals surface area contributed by atoms with E-state index >= 15 is 0 Å². The van der Waals surface area contributed by atoms with Gasteiger partial charge in [0.15, 0.2) is 0 Å². The molecule has 0 aliphatic heterocycles. The van der Waals surface area contributed by atoms with Crippen LogP contribution in [0.4, 0.5) is 10.5 Å². The Morgan fingerprint density at radius 1 is 1.08 bits per heavy atom. The molecule has 134 valence electrons. The van der Waals surface area contributed by atoms with Crippen LogP contribution < -0.4 is 16.0 Å². The van der Waals surface area contributed by atoms with E-state index in [1.54, 1.807) is 0 Å². The van der Waals surface area contributed by atoms with Gasteiger partial charge in [-0.05, 0) is 80.9 Å². The fourth-order valence-corrected chi connectivity index (χ4v) is 5.64. The minimum absolute atomic E-state index is 0.00780. The predicted octanol–water partition coefficient (Wildman–Crippen LogP) is 3.20. The van der Waals surface area contributed by atoms with E-state index in [4.69, 9.17) is 0 Å². The third-order valence-corrected chi connectivity index (χ3v) is 6.13. The topological polar surface area (TPSA) is 70.2 Å². The van der Waals surface area contributed by atoms with Gasteiger partial charge < -0.3 is 16.0 Å². The largest absolute Gasteiger partial charge is 0.333 e. The van der Waals surface area contributed by atoms with Crippen LogP contribution in [0.25, 0.3) is 0 Å². The van der Waals surface area contributed by atoms with Gasteiger partial charge in [0.05, 0.1) is 6.54 Å². The minimum Gasteiger partial charge on any atom is -0.333 e. The Morgan fingerprint density at radius 3 is 2.32 bits per heavy atom. The fourth-order valence-electron chi connectivity index (χ4n) is 5.64. The monoisotopic (exact) mass is 341 g/mol. The standard InChI is InChI=1S/C20H27N3O2/c1-13-3-2-4-17(5-13)22-18(24)12-21-19(25)23-20-9-14-6-15(10-20)8-16(7-14)11-20/h2-5,14-16H,6-12H2,1H3,(H,22,24)(H2,21,23,25). The number of carbonyl (C=O) groups is 2. The highest BCUT2D eigenvalue weighted by Gasteiger charge is 2.51. The molecule has 5 rings (SSSR count). The lowest BCUT2D eigenvalue weighted by molar-refractivity contribution is -0.115. The van der Waals surface area contributed by atoms with E-state index in [0.29, 0.717) is 0 Å². The van der Waals surface area contributed by atoms with Crippen LogP contribution in [0, 0.1) is 24.7 Å². The predicted molar refractivity (Wildman–Crippen MR) is 97.2 cm³/mol. The van der Waals surface area contributed by atoms with E-state index in [9.17, 15) is 9.59 Å². The van der Waals surface area contributed by atoms with Crippen LogP contribution in [0.2, 0.25) is 0 Å². The van der Waals surface area contributed by atoms with Crippen molar-refractivity contribution in [3.05, 3.63) is 29.8 Å². The van der Waals surface area contributed by atoms with Gasteiger partial charge in [0.25, 0.3) is 0 Å². The Morgan fingerprint density at radius 2 is 1.72 bits per heavy atom. The lowest BCUT2D eigenvalue weighted by Gasteiger charge is -2.56. The molecule has 5 heteroatoms. The Bertz CT molecular complexity index is 650. The molecule has 4 aliphatic rings. The van der Waals surface area contributed by atoms with Crippen molar-refractivity contribution in [2.45, 2.75) is 51.0 Å². The Kier molecular flexibility index (Phi) is 4.18. The van der Waals surface area contributed by atoms with Crippen LogP contribution in [0.3, 0.4) is 0 Å². The Labute approximate surface area is 148 Å². The van der Waals surface area contributed by atoms with Gasteiger partial charge in [-0.1, -0.05) is 12.1 Å². The zero-order valence-corrected chi connectivity index (χ0v) is 14.8. The molecule has 3 amide bonds. The van der Waals surface area contributed by atoms with Crippen LogP contribution in [-0.2, 0) is 4.79 Å². The van der Waals surface area contributed by atoms with Gasteiger partial charge in [0.1, 0.15) is 0 Å². The average Bonchev–Trinajstić information content (AvgIpc) is 2.51. The molecule has 0 saturated heterocycles. The van der Waals surface area contributed by atoms with E-state index in [0.717, 1.165) is 48.3 Å². The molecule has 4 saturated carbocycles. The van der Waals surface area contributed by atoms with Crippen LogP contribution in [0.5, 0.6) is 0 Å². The first-order valence-corrected chi connectivity index (χ1v) is 9.42. The summed E-state index contributed by atoms with van der Waals surface area (Å²) < 4.78 is 0. The molecule has 0 aromatic heterocycles. The highest BCUT2D eigenvalue weighted by atomic mass is 16.2. The Hall–Kier alpha value is -2.04. The number of nitrogens with one attached hydrogen (secondary N) is 3. The lowest BCUT2D eigenvalue weighted by Crippen LogP contribution is -2.61. The van der Waals surface area contributed by atoms with Gasteiger partial charge in [-0.2, -0.15) is 0 Å². The highest BCUT2D eigenvalue weighted by Crippen LogP contribution is 2.55. The third kappa shape index (κ3) is 3.65. The number of carbonyl (C=O) groups excluding carboxylic acids is 2. The number of anilines is 1. The number of aryl methyl sites for hydroxylation is 1. The van der Waals surface area contributed by atoms with E-state index in [-0.39, 0.29) is 24.0 Å². The summed E-state index contributed by atoms with van der Waals surface area (Å²) in [6, 6.07) is 7.43. The number of rotatable bonds is 4. The van der Waals surface area contributed by atoms with E-state index in [1.807, 2.05) is 31.2 Å². The van der Waals surface area contributed by atoms with Crippen molar-refractivity contribution < 1.29 is 9.59 Å². The summed E-state index contributed by atoms with van der Waals surface area (Å²) in [7, 11) is 0. The van der Waals surface area contributed by atoms with Crippen molar-refractivity contribution >= 4 is 17.6 Å². The van der Waals surface area contributed by atoms with Gasteiger partial charge in [0, 0.05) is 11.2 Å². The Balaban J connectivity index is 1.27. The molecule has 0 atom stereocenters. The van der Waals surface area contributed by atoms with Gasteiger partial charge in [-0.25, -0.2) is 4.79 Å². The summed E-state index contributed by atoms with van der Waals surface area (Å²) in [5, 5.41) is 8.77. The van der Waals surface area contributed by atoms with Crippen molar-refractivity contribution in [1.82, 2.24) is 10.6 Å². The van der Waals surface area contributed by atoms with Crippen molar-refractivity contribution in [2.75, 3.05) is 11.9 Å². The van der Waals surface area contributed by atoms with Crippen molar-refractivity contribution in [1.29, 1.82) is 0 Å². The molecule has 0 heterocycles. The van der Waals surface area contributed by atoms with E-state index < -0.39 is 0 Å². The molecule has 0 unspecified atom stereocenters. The third-order valence-electron chi connectivity index (χ3n) is 6.13. The maximum absolute atomic E-state index is 12.3. The molecular formula is C20H27N3O2. The normalized spacial score (nSPS) is 32.3. The summed E-state index contributed by atoms with van der Waals surface area (Å²) >= 11 is 0. The summed E-state index contributed by atoms with van der Waals surface area (Å²) in [5.41, 5.74) is 1.82. The van der Waals surface area contributed by atoms with E-state index in [1.165, 1.54) is 19.3 Å². The highest BCUT2D eigenvalue weighted by molar-refractivity contribution is 5.94. The van der Waals surface area contributed by atoms with Gasteiger partial charge in [0.2, 0.25) is 5.91 Å². The zero-order chi connectivity index (χ0) is 17.4. The first-order chi connectivity index (χ1) is 12.0. The SMILES string of the molecule is Cc1cccc(NC(=O)CNC(=O)NC23CC4CC(CC(C4)C2)C3)c1. The second-order valence-electron chi connectivity index (χ2n) is 8.42. The number of amides is 3. The van der Waals surface area contributed by atoms with Crippen LogP contribution in [-0.4, -0.2) is 24.0 Å². The fraction of sp³-hybridized carbons (Fsp3) is 0.600. The van der Waals surface area contributed by atoms with Crippen LogP contribution in [0.1, 0.15) is 44.1 Å².